The van der Waals surface area contributed by atoms with Crippen LogP contribution >= 0.6 is 11.6 Å². The Morgan fingerprint density at radius 1 is 1.10 bits per heavy atom. The lowest BCUT2D eigenvalue weighted by atomic mass is 10.2. The normalized spacial score (nSPS) is 12.2. The zero-order chi connectivity index (χ0) is 22.8. The van der Waals surface area contributed by atoms with E-state index in [2.05, 4.69) is 14.8 Å². The second kappa shape index (κ2) is 8.60. The molecule has 0 spiro atoms. The highest BCUT2D eigenvalue weighted by Gasteiger charge is 2.57. The zero-order valence-electron chi connectivity index (χ0n) is 15.5. The Kier molecular flexibility index (Phi) is 6.27. The number of aromatic nitrogens is 3. The van der Waals surface area contributed by atoms with Gasteiger partial charge in [-0.1, -0.05) is 48.0 Å². The molecule has 0 radical (unpaired) electrons. The number of benzene rings is 2. The number of primary amides is 1. The van der Waals surface area contributed by atoms with Crippen LogP contribution in [0.15, 0.2) is 48.5 Å². The number of amides is 1. The fraction of sp³-hybridized carbons (Fsp3) is 0.211. The molecular weight excluding hydrogens is 447 g/mol. The Labute approximate surface area is 177 Å². The fourth-order valence-corrected chi connectivity index (χ4v) is 2.75. The molecule has 0 aliphatic heterocycles. The molecule has 6 nitrogen and oxygen atoms in total. The minimum absolute atomic E-state index is 0.155. The lowest BCUT2D eigenvalue weighted by molar-refractivity contribution is -0.297. The molecule has 2 N–H and O–H groups in total. The van der Waals surface area contributed by atoms with Gasteiger partial charge in [-0.2, -0.15) is 22.0 Å². The highest BCUT2D eigenvalue weighted by molar-refractivity contribution is 6.32. The van der Waals surface area contributed by atoms with Gasteiger partial charge in [-0.3, -0.25) is 4.79 Å². The third-order valence-electron chi connectivity index (χ3n) is 4.07. The highest BCUT2D eigenvalue weighted by Crippen LogP contribution is 2.35. The molecule has 164 valence electrons. The van der Waals surface area contributed by atoms with Crippen LogP contribution in [0.4, 0.5) is 22.0 Å². The van der Waals surface area contributed by atoms with Crippen molar-refractivity contribution >= 4 is 17.5 Å². The van der Waals surface area contributed by atoms with Gasteiger partial charge in [0.25, 0.3) is 5.91 Å². The van der Waals surface area contributed by atoms with E-state index in [-0.39, 0.29) is 27.9 Å². The number of carbonyl (C=O) groups is 1. The molecule has 3 aromatic rings. The number of rotatable bonds is 7. The highest BCUT2D eigenvalue weighted by atomic mass is 35.5. The molecule has 1 aromatic heterocycles. The molecule has 1 heterocycles. The van der Waals surface area contributed by atoms with Gasteiger partial charge in [-0.25, -0.2) is 9.67 Å². The number of hydrogen-bond donors (Lipinski definition) is 1. The number of nitrogens with zero attached hydrogens (tertiary/aromatic N) is 3. The zero-order valence-corrected chi connectivity index (χ0v) is 16.3. The molecule has 3 rings (SSSR count). The summed E-state index contributed by atoms with van der Waals surface area (Å²) < 4.78 is 68.6. The first kappa shape index (κ1) is 22.6. The van der Waals surface area contributed by atoms with Gasteiger partial charge in [0, 0.05) is 5.56 Å². The van der Waals surface area contributed by atoms with Gasteiger partial charge in [0.05, 0.1) is 17.3 Å². The Bertz CT molecular complexity index is 1090. The first-order valence-electron chi connectivity index (χ1n) is 8.63. The third kappa shape index (κ3) is 5.00. The SMILES string of the molecule is NC(=O)c1nc(-c2ccccc2)n(-c2cc(COCC(F)(F)C(F)(F)F)ccc2Cl)n1. The van der Waals surface area contributed by atoms with E-state index in [4.69, 9.17) is 17.3 Å². The van der Waals surface area contributed by atoms with Crippen molar-refractivity contribution in [1.29, 1.82) is 0 Å². The molecular formula is C19H14ClF5N4O2. The van der Waals surface area contributed by atoms with E-state index in [9.17, 15) is 26.7 Å². The summed E-state index contributed by atoms with van der Waals surface area (Å²) >= 11 is 6.23. The summed E-state index contributed by atoms with van der Waals surface area (Å²) in [5.41, 5.74) is 6.28. The van der Waals surface area contributed by atoms with Crippen LogP contribution in [0.2, 0.25) is 5.02 Å². The summed E-state index contributed by atoms with van der Waals surface area (Å²) in [6.45, 7) is -2.38. The molecule has 2 aromatic carbocycles. The van der Waals surface area contributed by atoms with E-state index >= 15 is 0 Å². The smallest absolute Gasteiger partial charge is 0.370 e. The maximum Gasteiger partial charge on any atom is 0.455 e. The molecule has 0 aliphatic rings. The average molecular weight is 461 g/mol. The number of hydrogen-bond acceptors (Lipinski definition) is 4. The van der Waals surface area contributed by atoms with E-state index in [1.165, 1.54) is 22.9 Å². The number of alkyl halides is 5. The predicted molar refractivity (Wildman–Crippen MR) is 101 cm³/mol. The van der Waals surface area contributed by atoms with Crippen molar-refractivity contribution in [3.63, 3.8) is 0 Å². The van der Waals surface area contributed by atoms with E-state index in [1.807, 2.05) is 0 Å². The van der Waals surface area contributed by atoms with Crippen molar-refractivity contribution in [1.82, 2.24) is 14.8 Å². The Morgan fingerprint density at radius 3 is 2.39 bits per heavy atom. The van der Waals surface area contributed by atoms with Crippen molar-refractivity contribution in [2.45, 2.75) is 18.7 Å². The van der Waals surface area contributed by atoms with Crippen LogP contribution < -0.4 is 5.73 Å². The Hall–Kier alpha value is -3.05. The van der Waals surface area contributed by atoms with Crippen LogP contribution in [0.25, 0.3) is 17.1 Å². The minimum atomic E-state index is -5.71. The summed E-state index contributed by atoms with van der Waals surface area (Å²) in [5, 5.41) is 4.20. The fourth-order valence-electron chi connectivity index (χ4n) is 2.55. The Balaban J connectivity index is 1.93. The van der Waals surface area contributed by atoms with E-state index in [1.54, 1.807) is 30.3 Å². The van der Waals surface area contributed by atoms with Gasteiger partial charge >= 0.3 is 12.1 Å². The van der Waals surface area contributed by atoms with Crippen LogP contribution in [0, 0.1) is 0 Å². The quantitative estimate of drug-likeness (QED) is 0.530. The molecule has 12 heteroatoms. The largest absolute Gasteiger partial charge is 0.455 e. The van der Waals surface area contributed by atoms with Crippen molar-refractivity contribution in [3.05, 3.63) is 64.9 Å². The average Bonchev–Trinajstić information content (AvgIpc) is 3.14. The summed E-state index contributed by atoms with van der Waals surface area (Å²) in [7, 11) is 0. The van der Waals surface area contributed by atoms with Gasteiger partial charge < -0.3 is 10.5 Å². The number of carbonyl (C=O) groups excluding carboxylic acids is 1. The van der Waals surface area contributed by atoms with Crippen LogP contribution in [0.3, 0.4) is 0 Å². The molecule has 0 aliphatic carbocycles. The lowest BCUT2D eigenvalue weighted by Crippen LogP contribution is -2.40. The van der Waals surface area contributed by atoms with Crippen LogP contribution in [0.1, 0.15) is 16.2 Å². The molecule has 0 fully saturated rings. The molecule has 31 heavy (non-hydrogen) atoms. The van der Waals surface area contributed by atoms with Crippen LogP contribution in [-0.4, -0.2) is 39.4 Å². The van der Waals surface area contributed by atoms with Crippen molar-refractivity contribution in [2.75, 3.05) is 6.61 Å². The number of nitrogens with two attached hydrogens (primary N) is 1. The van der Waals surface area contributed by atoms with Crippen LogP contribution in [0.5, 0.6) is 0 Å². The van der Waals surface area contributed by atoms with E-state index in [0.29, 0.717) is 5.56 Å². The van der Waals surface area contributed by atoms with Gasteiger partial charge in [0.2, 0.25) is 5.82 Å². The topological polar surface area (TPSA) is 83.0 Å². The molecule has 0 bridgehead atoms. The minimum Gasteiger partial charge on any atom is -0.370 e. The van der Waals surface area contributed by atoms with E-state index < -0.39 is 31.2 Å². The lowest BCUT2D eigenvalue weighted by Gasteiger charge is -2.19. The van der Waals surface area contributed by atoms with Crippen molar-refractivity contribution in [3.8, 4) is 17.1 Å². The second-order valence-electron chi connectivity index (χ2n) is 6.38. The van der Waals surface area contributed by atoms with Crippen LogP contribution in [-0.2, 0) is 11.3 Å². The molecule has 0 saturated carbocycles. The first-order chi connectivity index (χ1) is 14.5. The summed E-state index contributed by atoms with van der Waals surface area (Å²) in [6.07, 6.45) is -5.71. The second-order valence-corrected chi connectivity index (χ2v) is 6.79. The number of halogens is 6. The molecule has 0 atom stereocenters. The maximum absolute atomic E-state index is 13.0. The Morgan fingerprint density at radius 2 is 1.77 bits per heavy atom. The monoisotopic (exact) mass is 460 g/mol. The summed E-state index contributed by atoms with van der Waals surface area (Å²) in [4.78, 5) is 15.7. The van der Waals surface area contributed by atoms with Crippen molar-refractivity contribution in [2.24, 2.45) is 5.73 Å². The molecule has 1 amide bonds. The number of ether oxygens (including phenoxy) is 1. The van der Waals surface area contributed by atoms with Gasteiger partial charge in [-0.05, 0) is 17.7 Å². The third-order valence-corrected chi connectivity index (χ3v) is 4.38. The standard InChI is InChI=1S/C19H14ClF5N4O2/c20-13-7-6-11(9-31-10-18(21,22)19(23,24)25)8-14(13)29-17(12-4-2-1-3-5-12)27-16(28-29)15(26)30/h1-8H,9-10H2,(H2,26,30). The van der Waals surface area contributed by atoms with Gasteiger partial charge in [0.1, 0.15) is 6.61 Å². The first-order valence-corrected chi connectivity index (χ1v) is 9.01. The molecule has 0 unspecified atom stereocenters. The maximum atomic E-state index is 13.0. The van der Waals surface area contributed by atoms with Gasteiger partial charge in [0.15, 0.2) is 5.82 Å². The van der Waals surface area contributed by atoms with Crippen molar-refractivity contribution < 1.29 is 31.5 Å². The van der Waals surface area contributed by atoms with Gasteiger partial charge in [-0.15, -0.1) is 5.10 Å². The summed E-state index contributed by atoms with van der Waals surface area (Å²) in [6, 6.07) is 12.8. The summed E-state index contributed by atoms with van der Waals surface area (Å²) in [5.74, 6) is -5.94. The van der Waals surface area contributed by atoms with E-state index in [0.717, 1.165) is 0 Å². The predicted octanol–water partition coefficient (Wildman–Crippen LogP) is 4.40. The molecule has 0 saturated heterocycles.